The predicted molar refractivity (Wildman–Crippen MR) is 75.5 cm³/mol. The summed E-state index contributed by atoms with van der Waals surface area (Å²) in [6, 6.07) is 12.5. The van der Waals surface area contributed by atoms with Gasteiger partial charge in [-0.25, -0.2) is 0 Å². The fourth-order valence-electron chi connectivity index (χ4n) is 1.45. The van der Waals surface area contributed by atoms with E-state index in [1.54, 1.807) is 7.11 Å². The Balaban J connectivity index is 0.000000317. The molecule has 0 aromatic heterocycles. The van der Waals surface area contributed by atoms with E-state index in [9.17, 15) is 0 Å². The third-order valence-electron chi connectivity index (χ3n) is 2.10. The van der Waals surface area contributed by atoms with Crippen molar-refractivity contribution in [1.29, 1.82) is 0 Å². The van der Waals surface area contributed by atoms with Crippen LogP contribution in [0.25, 0.3) is 10.8 Å². The minimum atomic E-state index is 0.960. The summed E-state index contributed by atoms with van der Waals surface area (Å²) in [7, 11) is 7.71. The van der Waals surface area contributed by atoms with Crippen LogP contribution in [-0.2, 0) is 0 Å². The van der Waals surface area contributed by atoms with Crippen molar-refractivity contribution in [3.63, 3.8) is 0 Å². The molecule has 2 nitrogen and oxygen atoms in total. The van der Waals surface area contributed by atoms with Crippen LogP contribution < -0.4 is 8.32 Å². The molecule has 0 spiro atoms. The van der Waals surface area contributed by atoms with Crippen LogP contribution in [0.4, 0.5) is 0 Å². The number of ether oxygens (including phenoxy) is 1. The van der Waals surface area contributed by atoms with Crippen LogP contribution in [0, 0.1) is 0 Å². The Kier molecular flexibility index (Phi) is 5.78. The number of benzene rings is 2. The predicted octanol–water partition coefficient (Wildman–Crippen LogP) is 1.82. The van der Waals surface area contributed by atoms with E-state index in [0.717, 1.165) is 5.75 Å². The monoisotopic (exact) mass is 336 g/mol. The molecule has 0 unspecified atom stereocenters. The molecule has 0 fully saturated rings. The van der Waals surface area contributed by atoms with Crippen LogP contribution in [0.2, 0.25) is 0 Å². The molecule has 0 aliphatic rings. The molecule has 0 aliphatic carbocycles. The number of methoxy groups -OCH3 is 1. The van der Waals surface area contributed by atoms with Gasteiger partial charge in [-0.05, 0) is 21.1 Å². The normalized spacial score (nSPS) is 10.0. The topological polar surface area (TPSA) is 12.5 Å². The maximum absolute atomic E-state index is 5.29. The van der Waals surface area contributed by atoms with Gasteiger partial charge in [0.25, 0.3) is 0 Å². The molecule has 0 aliphatic heterocycles. The van der Waals surface area contributed by atoms with Gasteiger partial charge in [0.05, 0.1) is 0 Å². The first-order valence-electron chi connectivity index (χ1n) is 5.44. The van der Waals surface area contributed by atoms with Gasteiger partial charge in [-0.1, -0.05) is 0 Å². The number of rotatable bonds is 1. The Hall–Kier alpha value is -0.741. The van der Waals surface area contributed by atoms with E-state index >= 15 is 0 Å². The Morgan fingerprint density at radius 3 is 2.00 bits per heavy atom. The van der Waals surface area contributed by atoms with Gasteiger partial charge in [-0.2, -0.15) is 0 Å². The van der Waals surface area contributed by atoms with Gasteiger partial charge in [-0.15, -0.1) is 0 Å². The molecule has 2 aromatic rings. The van der Waals surface area contributed by atoms with E-state index in [0.29, 0.717) is 0 Å². The number of nitrogens with zero attached hydrogens (tertiary/aromatic N) is 1. The van der Waals surface area contributed by atoms with E-state index in [4.69, 9.17) is 4.74 Å². The van der Waals surface area contributed by atoms with Crippen molar-refractivity contribution in [2.24, 2.45) is 0 Å². The SMILES string of the molecule is CN(C)C.COc1cc[c]([Sn])c2ccccc12. The molecule has 0 atom stereocenters. The average molecular weight is 335 g/mol. The van der Waals surface area contributed by atoms with Crippen LogP contribution in [0.5, 0.6) is 5.75 Å². The zero-order chi connectivity index (χ0) is 12.8. The first-order valence-corrected chi connectivity index (χ1v) is 6.87. The van der Waals surface area contributed by atoms with Crippen molar-refractivity contribution in [3.05, 3.63) is 36.4 Å². The summed E-state index contributed by atoms with van der Waals surface area (Å²) < 4.78 is 6.67. The van der Waals surface area contributed by atoms with Crippen LogP contribution in [-0.4, -0.2) is 55.7 Å². The first-order chi connectivity index (χ1) is 8.06. The Labute approximate surface area is 117 Å². The van der Waals surface area contributed by atoms with Gasteiger partial charge in [0, 0.05) is 0 Å². The van der Waals surface area contributed by atoms with Crippen LogP contribution in [0.15, 0.2) is 36.4 Å². The molecule has 0 saturated carbocycles. The third kappa shape index (κ3) is 4.20. The van der Waals surface area contributed by atoms with Crippen LogP contribution in [0.3, 0.4) is 0 Å². The number of fused-ring (bicyclic) bond motifs is 1. The summed E-state index contributed by atoms with van der Waals surface area (Å²) >= 11 is 1.44. The third-order valence-corrected chi connectivity index (χ3v) is 3.35. The molecule has 2 rings (SSSR count). The summed E-state index contributed by atoms with van der Waals surface area (Å²) in [6.45, 7) is 0. The Morgan fingerprint density at radius 2 is 1.47 bits per heavy atom. The molecule has 0 bridgehead atoms. The molecule has 17 heavy (non-hydrogen) atoms. The molecule has 2 aromatic carbocycles. The molecule has 89 valence electrons. The van der Waals surface area contributed by atoms with E-state index < -0.39 is 0 Å². The molecular weight excluding hydrogens is 317 g/mol. The maximum atomic E-state index is 5.29. The fraction of sp³-hybridized carbons (Fsp3) is 0.286. The van der Waals surface area contributed by atoms with Crippen molar-refractivity contribution in [3.8, 4) is 5.75 Å². The van der Waals surface area contributed by atoms with Gasteiger partial charge in [0.15, 0.2) is 0 Å². The van der Waals surface area contributed by atoms with Crippen molar-refractivity contribution < 1.29 is 4.74 Å². The summed E-state index contributed by atoms with van der Waals surface area (Å²) in [5, 5.41) is 2.51. The zero-order valence-corrected chi connectivity index (χ0v) is 13.7. The van der Waals surface area contributed by atoms with Gasteiger partial charge >= 0.3 is 90.9 Å². The van der Waals surface area contributed by atoms with Gasteiger partial charge in [0.1, 0.15) is 0 Å². The van der Waals surface area contributed by atoms with Crippen molar-refractivity contribution in [2.45, 2.75) is 0 Å². The second-order valence-corrected chi connectivity index (χ2v) is 5.74. The fourth-order valence-corrected chi connectivity index (χ4v) is 2.31. The summed E-state index contributed by atoms with van der Waals surface area (Å²) in [5.74, 6) is 0.960. The van der Waals surface area contributed by atoms with Gasteiger partial charge < -0.3 is 4.90 Å². The summed E-state index contributed by atoms with van der Waals surface area (Å²) in [4.78, 5) is 2.00. The van der Waals surface area contributed by atoms with Gasteiger partial charge in [0.2, 0.25) is 0 Å². The molecule has 3 heteroatoms. The number of hydrogen-bond donors (Lipinski definition) is 0. The minimum absolute atomic E-state index is 0.960. The van der Waals surface area contributed by atoms with Crippen molar-refractivity contribution in [2.75, 3.05) is 28.3 Å². The van der Waals surface area contributed by atoms with Crippen molar-refractivity contribution >= 4 is 36.9 Å². The zero-order valence-electron chi connectivity index (χ0n) is 10.8. The molecule has 0 N–H and O–H groups in total. The number of hydrogen-bond acceptors (Lipinski definition) is 2. The van der Waals surface area contributed by atoms with E-state index in [1.165, 1.54) is 36.9 Å². The van der Waals surface area contributed by atoms with E-state index in [1.807, 2.05) is 38.2 Å². The second-order valence-electron chi connectivity index (χ2n) is 4.20. The standard InChI is InChI=1S/C11H9O.C3H9N.Sn/c1-12-11-8-4-6-9-5-2-3-7-10(9)11;1-4(2)3;/h2-5,7-8H,1H3;1-3H3;. The van der Waals surface area contributed by atoms with Crippen molar-refractivity contribution in [1.82, 2.24) is 4.90 Å². The average Bonchev–Trinajstić information content (AvgIpc) is 2.29. The Bertz CT molecular complexity index is 480. The van der Waals surface area contributed by atoms with Gasteiger partial charge in [-0.3, -0.25) is 0 Å². The second kappa shape index (κ2) is 6.86. The van der Waals surface area contributed by atoms with E-state index in [-0.39, 0.29) is 0 Å². The molecular formula is C14H18NOSn. The molecule has 0 heterocycles. The van der Waals surface area contributed by atoms with Crippen LogP contribution in [0.1, 0.15) is 0 Å². The quantitative estimate of drug-likeness (QED) is 0.738. The summed E-state index contributed by atoms with van der Waals surface area (Å²) in [6.07, 6.45) is 0. The summed E-state index contributed by atoms with van der Waals surface area (Å²) in [5.41, 5.74) is 0. The van der Waals surface area contributed by atoms with Crippen LogP contribution >= 0.6 is 0 Å². The molecule has 0 amide bonds. The first kappa shape index (κ1) is 14.3. The molecule has 3 radical (unpaired) electrons. The Morgan fingerprint density at radius 1 is 0.941 bits per heavy atom. The molecule has 0 saturated heterocycles. The van der Waals surface area contributed by atoms with E-state index in [2.05, 4.69) is 24.3 Å².